The van der Waals surface area contributed by atoms with Crippen LogP contribution in [-0.4, -0.2) is 21.2 Å². The fourth-order valence-electron chi connectivity index (χ4n) is 1.93. The van der Waals surface area contributed by atoms with E-state index in [0.717, 1.165) is 23.8 Å². The quantitative estimate of drug-likeness (QED) is 0.854. The molecule has 2 aromatic rings. The van der Waals surface area contributed by atoms with Crippen molar-refractivity contribution in [2.75, 3.05) is 0 Å². The molecule has 0 amide bonds. The van der Waals surface area contributed by atoms with Gasteiger partial charge in [0.05, 0.1) is 16.6 Å². The van der Waals surface area contributed by atoms with Crippen molar-refractivity contribution in [3.05, 3.63) is 22.2 Å². The predicted octanol–water partition coefficient (Wildman–Crippen LogP) is 2.93. The van der Waals surface area contributed by atoms with Crippen LogP contribution in [0.3, 0.4) is 0 Å². The maximum atomic E-state index is 11.1. The molecular weight excluding hydrogens is 238 g/mol. The first-order valence-electron chi connectivity index (χ1n) is 5.52. The van der Waals surface area contributed by atoms with Gasteiger partial charge in [-0.3, -0.25) is 4.79 Å². The maximum Gasteiger partial charge on any atom is 0.153 e. The molecule has 2 aromatic heterocycles. The zero-order valence-electron chi connectivity index (χ0n) is 10.0. The van der Waals surface area contributed by atoms with Gasteiger partial charge in [0.15, 0.2) is 6.29 Å². The number of nitrogens with zero attached hydrogens (tertiary/aromatic N) is 2. The highest BCUT2D eigenvalue weighted by molar-refractivity contribution is 6.33. The average Bonchev–Trinajstić information content (AvgIpc) is 2.52. The highest BCUT2D eigenvalue weighted by atomic mass is 35.5. The van der Waals surface area contributed by atoms with E-state index in [1.165, 1.54) is 0 Å². The van der Waals surface area contributed by atoms with E-state index in [4.69, 9.17) is 11.6 Å². The zero-order chi connectivity index (χ0) is 12.6. The summed E-state index contributed by atoms with van der Waals surface area (Å²) in [5, 5.41) is 1.09. The van der Waals surface area contributed by atoms with Gasteiger partial charge in [-0.15, -0.1) is 0 Å². The first-order chi connectivity index (χ1) is 8.02. The van der Waals surface area contributed by atoms with Crippen LogP contribution in [0.2, 0.25) is 5.15 Å². The van der Waals surface area contributed by atoms with E-state index in [0.29, 0.717) is 28.1 Å². The zero-order valence-corrected chi connectivity index (χ0v) is 10.8. The third-order valence-corrected chi connectivity index (χ3v) is 2.85. The summed E-state index contributed by atoms with van der Waals surface area (Å²) in [6.45, 7) is 6.05. The Hall–Kier alpha value is -1.42. The Morgan fingerprint density at radius 1 is 1.41 bits per heavy atom. The minimum absolute atomic E-state index is 0.333. The Labute approximate surface area is 104 Å². The standard InChI is InChI=1S/C12H14ClN3O/c1-6(2)4-9-10-8(5-17)11(13)16-12(10)15-7(3)14-9/h5-6H,4H2,1-3H3,(H,14,15,16). The SMILES string of the molecule is Cc1nc(CC(C)C)c2c(C=O)c(Cl)[nH]c2n1. The predicted molar refractivity (Wildman–Crippen MR) is 67.6 cm³/mol. The van der Waals surface area contributed by atoms with Gasteiger partial charge in [-0.1, -0.05) is 25.4 Å². The molecule has 0 unspecified atom stereocenters. The largest absolute Gasteiger partial charge is 0.330 e. The first kappa shape index (κ1) is 12.0. The summed E-state index contributed by atoms with van der Waals surface area (Å²) in [5.74, 6) is 1.14. The van der Waals surface area contributed by atoms with Crippen molar-refractivity contribution in [2.24, 2.45) is 5.92 Å². The first-order valence-corrected chi connectivity index (χ1v) is 5.90. The van der Waals surface area contributed by atoms with E-state index in [9.17, 15) is 4.79 Å². The number of aromatic nitrogens is 3. The monoisotopic (exact) mass is 251 g/mol. The van der Waals surface area contributed by atoms with Crippen molar-refractivity contribution in [1.29, 1.82) is 0 Å². The third-order valence-electron chi connectivity index (χ3n) is 2.55. The van der Waals surface area contributed by atoms with E-state index in [-0.39, 0.29) is 0 Å². The molecule has 0 saturated carbocycles. The molecule has 0 fully saturated rings. The highest BCUT2D eigenvalue weighted by Crippen LogP contribution is 2.27. The van der Waals surface area contributed by atoms with Crippen molar-refractivity contribution in [3.8, 4) is 0 Å². The number of hydrogen-bond acceptors (Lipinski definition) is 3. The molecule has 4 nitrogen and oxygen atoms in total. The summed E-state index contributed by atoms with van der Waals surface area (Å²) in [5.41, 5.74) is 1.98. The van der Waals surface area contributed by atoms with Gasteiger partial charge in [0.2, 0.25) is 0 Å². The van der Waals surface area contributed by atoms with Crippen LogP contribution in [0.15, 0.2) is 0 Å². The van der Waals surface area contributed by atoms with E-state index >= 15 is 0 Å². The number of carbonyl (C=O) groups excluding carboxylic acids is 1. The van der Waals surface area contributed by atoms with Crippen molar-refractivity contribution in [3.63, 3.8) is 0 Å². The van der Waals surface area contributed by atoms with Crippen LogP contribution in [0.25, 0.3) is 11.0 Å². The summed E-state index contributed by atoms with van der Waals surface area (Å²) in [7, 11) is 0. The molecule has 90 valence electrons. The van der Waals surface area contributed by atoms with Gasteiger partial charge in [-0.25, -0.2) is 9.97 Å². The van der Waals surface area contributed by atoms with Crippen molar-refractivity contribution >= 4 is 28.9 Å². The molecule has 0 radical (unpaired) electrons. The minimum Gasteiger partial charge on any atom is -0.330 e. The number of halogens is 1. The Morgan fingerprint density at radius 3 is 2.71 bits per heavy atom. The number of carbonyl (C=O) groups is 1. The van der Waals surface area contributed by atoms with E-state index in [2.05, 4.69) is 28.8 Å². The van der Waals surface area contributed by atoms with Crippen molar-refractivity contribution in [1.82, 2.24) is 15.0 Å². The molecule has 1 N–H and O–H groups in total. The molecular formula is C12H14ClN3O. The lowest BCUT2D eigenvalue weighted by Gasteiger charge is -2.06. The normalized spacial score (nSPS) is 11.4. The number of H-pyrrole nitrogens is 1. The number of hydrogen-bond donors (Lipinski definition) is 1. The fourth-order valence-corrected chi connectivity index (χ4v) is 2.16. The average molecular weight is 252 g/mol. The molecule has 5 heteroatoms. The molecule has 2 heterocycles. The lowest BCUT2D eigenvalue weighted by molar-refractivity contribution is 0.112. The molecule has 0 atom stereocenters. The van der Waals surface area contributed by atoms with Crippen LogP contribution in [0.5, 0.6) is 0 Å². The number of nitrogens with one attached hydrogen (secondary N) is 1. The van der Waals surface area contributed by atoms with Crippen LogP contribution >= 0.6 is 11.6 Å². The number of aromatic amines is 1. The number of fused-ring (bicyclic) bond motifs is 1. The lowest BCUT2D eigenvalue weighted by atomic mass is 10.0. The highest BCUT2D eigenvalue weighted by Gasteiger charge is 2.16. The van der Waals surface area contributed by atoms with Gasteiger partial charge in [0.25, 0.3) is 0 Å². The Morgan fingerprint density at radius 2 is 2.12 bits per heavy atom. The Bertz CT molecular complexity index is 575. The third kappa shape index (κ3) is 2.17. The molecule has 0 aromatic carbocycles. The second kappa shape index (κ2) is 4.45. The van der Waals surface area contributed by atoms with Gasteiger partial charge in [0.1, 0.15) is 16.6 Å². The van der Waals surface area contributed by atoms with E-state index in [1.807, 2.05) is 6.92 Å². The van der Waals surface area contributed by atoms with Gasteiger partial charge in [-0.05, 0) is 19.3 Å². The Balaban J connectivity index is 2.75. The molecule has 17 heavy (non-hydrogen) atoms. The smallest absolute Gasteiger partial charge is 0.153 e. The molecule has 2 rings (SSSR count). The molecule has 0 spiro atoms. The lowest BCUT2D eigenvalue weighted by Crippen LogP contribution is -2.02. The number of rotatable bonds is 3. The summed E-state index contributed by atoms with van der Waals surface area (Å²) in [6, 6.07) is 0. The summed E-state index contributed by atoms with van der Waals surface area (Å²) >= 11 is 5.97. The van der Waals surface area contributed by atoms with Gasteiger partial charge >= 0.3 is 0 Å². The summed E-state index contributed by atoms with van der Waals surface area (Å²) in [4.78, 5) is 22.7. The van der Waals surface area contributed by atoms with Gasteiger partial charge in [-0.2, -0.15) is 0 Å². The number of aryl methyl sites for hydroxylation is 1. The topological polar surface area (TPSA) is 58.6 Å². The summed E-state index contributed by atoms with van der Waals surface area (Å²) in [6.07, 6.45) is 1.55. The van der Waals surface area contributed by atoms with Crippen LogP contribution in [0.1, 0.15) is 35.7 Å². The fraction of sp³-hybridized carbons (Fsp3) is 0.417. The van der Waals surface area contributed by atoms with Crippen LogP contribution in [0.4, 0.5) is 0 Å². The Kier molecular flexibility index (Phi) is 3.15. The summed E-state index contributed by atoms with van der Waals surface area (Å²) < 4.78 is 0. The van der Waals surface area contributed by atoms with Crippen molar-refractivity contribution in [2.45, 2.75) is 27.2 Å². The van der Waals surface area contributed by atoms with Crippen LogP contribution < -0.4 is 0 Å². The second-order valence-electron chi connectivity index (χ2n) is 4.51. The molecule has 0 aliphatic rings. The second-order valence-corrected chi connectivity index (χ2v) is 4.89. The minimum atomic E-state index is 0.333. The molecule has 0 aliphatic carbocycles. The van der Waals surface area contributed by atoms with Crippen LogP contribution in [0, 0.1) is 12.8 Å². The maximum absolute atomic E-state index is 11.1. The van der Waals surface area contributed by atoms with E-state index < -0.39 is 0 Å². The van der Waals surface area contributed by atoms with Gasteiger partial charge in [0, 0.05) is 0 Å². The molecule has 0 bridgehead atoms. The van der Waals surface area contributed by atoms with Gasteiger partial charge < -0.3 is 4.98 Å². The van der Waals surface area contributed by atoms with E-state index in [1.54, 1.807) is 0 Å². The molecule has 0 saturated heterocycles. The molecule has 0 aliphatic heterocycles. The van der Waals surface area contributed by atoms with Crippen LogP contribution in [-0.2, 0) is 6.42 Å². The number of aldehydes is 1. The van der Waals surface area contributed by atoms with Crippen molar-refractivity contribution < 1.29 is 4.79 Å².